The van der Waals surface area contributed by atoms with E-state index >= 15 is 0 Å². The van der Waals surface area contributed by atoms with Crippen LogP contribution in [0.2, 0.25) is 0 Å². The zero-order valence-corrected chi connectivity index (χ0v) is 13.7. The summed E-state index contributed by atoms with van der Waals surface area (Å²) in [4.78, 5) is 4.15. The van der Waals surface area contributed by atoms with Crippen LogP contribution in [0.25, 0.3) is 0 Å². The molecule has 0 bridgehead atoms. The Morgan fingerprint density at radius 2 is 1.64 bits per heavy atom. The van der Waals surface area contributed by atoms with Gasteiger partial charge >= 0.3 is 0 Å². The lowest BCUT2D eigenvalue weighted by Crippen LogP contribution is -1.87. The topological polar surface area (TPSA) is 45.5 Å². The third-order valence-corrected chi connectivity index (χ3v) is 3.77. The maximum atomic E-state index is 8.24. The second-order valence-corrected chi connectivity index (χ2v) is 5.72. The fourth-order valence-electron chi connectivity index (χ4n) is 2.49. The summed E-state index contributed by atoms with van der Waals surface area (Å²) in [5.41, 5.74) is 1.36. The highest BCUT2D eigenvalue weighted by Crippen LogP contribution is 2.11. The van der Waals surface area contributed by atoms with Crippen molar-refractivity contribution in [2.75, 3.05) is 0 Å². The minimum absolute atomic E-state index is 0.825. The molecule has 0 atom stereocenters. The lowest BCUT2D eigenvalue weighted by Gasteiger charge is -2.02. The van der Waals surface area contributed by atoms with Gasteiger partial charge in [0.05, 0.1) is 0 Å². The van der Waals surface area contributed by atoms with Gasteiger partial charge in [0.25, 0.3) is 0 Å². The third-order valence-electron chi connectivity index (χ3n) is 3.77. The number of oxime groups is 1. The third kappa shape index (κ3) is 11.1. The Morgan fingerprint density at radius 1 is 0.909 bits per heavy atom. The number of rotatable bonds is 13. The van der Waals surface area contributed by atoms with E-state index in [9.17, 15) is 0 Å². The molecular formula is C19H30N2O. The van der Waals surface area contributed by atoms with Crippen LogP contribution < -0.4 is 0 Å². The molecule has 0 aliphatic heterocycles. The molecule has 0 saturated heterocycles. The van der Waals surface area contributed by atoms with Gasteiger partial charge in [-0.1, -0.05) is 50.3 Å². The first-order chi connectivity index (χ1) is 10.9. The van der Waals surface area contributed by atoms with Crippen molar-refractivity contribution in [2.24, 2.45) is 5.16 Å². The summed E-state index contributed by atoms with van der Waals surface area (Å²) in [6.07, 6.45) is 23.3. The predicted molar refractivity (Wildman–Crippen MR) is 93.5 cm³/mol. The standard InChI is InChI=1S/C19H30N2O/c22-21-17-12-10-8-6-4-2-1-3-5-7-9-11-14-19-15-13-16-20-18-19/h6,8,13,15-18,22H,1-5,7,9-12,14H2/b8-6-,21-17+. The summed E-state index contributed by atoms with van der Waals surface area (Å²) in [5.74, 6) is 0. The molecule has 0 aliphatic carbocycles. The highest BCUT2D eigenvalue weighted by Gasteiger charge is 1.94. The van der Waals surface area contributed by atoms with Crippen LogP contribution >= 0.6 is 0 Å². The molecule has 122 valence electrons. The fraction of sp³-hybridized carbons (Fsp3) is 0.579. The molecule has 0 spiro atoms. The van der Waals surface area contributed by atoms with Crippen molar-refractivity contribution in [1.29, 1.82) is 0 Å². The monoisotopic (exact) mass is 302 g/mol. The van der Waals surface area contributed by atoms with E-state index < -0.39 is 0 Å². The number of nitrogens with zero attached hydrogens (tertiary/aromatic N) is 2. The lowest BCUT2D eigenvalue weighted by atomic mass is 10.0. The molecule has 1 N–H and O–H groups in total. The number of allylic oxidation sites excluding steroid dienone is 2. The van der Waals surface area contributed by atoms with Crippen LogP contribution in [0, 0.1) is 0 Å². The van der Waals surface area contributed by atoms with Gasteiger partial charge in [-0.25, -0.2) is 0 Å². The molecule has 1 aromatic rings. The van der Waals surface area contributed by atoms with Gasteiger partial charge in [-0.2, -0.15) is 0 Å². The minimum Gasteiger partial charge on any atom is -0.411 e. The summed E-state index contributed by atoms with van der Waals surface area (Å²) in [6, 6.07) is 4.18. The van der Waals surface area contributed by atoms with E-state index in [2.05, 4.69) is 28.4 Å². The molecule has 0 unspecified atom stereocenters. The summed E-state index contributed by atoms with van der Waals surface area (Å²) >= 11 is 0. The van der Waals surface area contributed by atoms with Gasteiger partial charge < -0.3 is 5.21 Å². The Balaban J connectivity index is 1.80. The fourth-order valence-corrected chi connectivity index (χ4v) is 2.49. The van der Waals surface area contributed by atoms with E-state index in [0.29, 0.717) is 0 Å². The smallest absolute Gasteiger partial charge is 0.0439 e. The van der Waals surface area contributed by atoms with Gasteiger partial charge in [-0.05, 0) is 50.2 Å². The van der Waals surface area contributed by atoms with Gasteiger partial charge in [0.15, 0.2) is 0 Å². The molecule has 0 radical (unpaired) electrons. The van der Waals surface area contributed by atoms with Gasteiger partial charge in [0.1, 0.15) is 0 Å². The van der Waals surface area contributed by atoms with Crippen molar-refractivity contribution >= 4 is 6.21 Å². The van der Waals surface area contributed by atoms with Crippen molar-refractivity contribution in [2.45, 2.75) is 70.6 Å². The van der Waals surface area contributed by atoms with Crippen molar-refractivity contribution in [3.63, 3.8) is 0 Å². The number of aromatic nitrogens is 1. The Kier molecular flexibility index (Phi) is 12.0. The first-order valence-corrected chi connectivity index (χ1v) is 8.63. The molecule has 1 aromatic heterocycles. The molecule has 22 heavy (non-hydrogen) atoms. The molecule has 0 saturated carbocycles. The second kappa shape index (κ2) is 14.3. The number of pyridine rings is 1. The molecule has 3 heteroatoms. The highest BCUT2D eigenvalue weighted by molar-refractivity contribution is 5.56. The van der Waals surface area contributed by atoms with Crippen LogP contribution in [0.1, 0.15) is 69.8 Å². The van der Waals surface area contributed by atoms with E-state index in [-0.39, 0.29) is 0 Å². The molecule has 0 fully saturated rings. The van der Waals surface area contributed by atoms with Crippen LogP contribution in [-0.2, 0) is 6.42 Å². The average Bonchev–Trinajstić information content (AvgIpc) is 2.56. The Hall–Kier alpha value is -1.64. The van der Waals surface area contributed by atoms with E-state index in [4.69, 9.17) is 5.21 Å². The van der Waals surface area contributed by atoms with Crippen LogP contribution in [-0.4, -0.2) is 16.4 Å². The van der Waals surface area contributed by atoms with E-state index in [1.54, 1.807) is 6.21 Å². The predicted octanol–water partition coefficient (Wildman–Crippen LogP) is 5.54. The molecule has 1 heterocycles. The summed E-state index contributed by atoms with van der Waals surface area (Å²) < 4.78 is 0. The van der Waals surface area contributed by atoms with E-state index in [0.717, 1.165) is 12.8 Å². The second-order valence-electron chi connectivity index (χ2n) is 5.72. The number of unbranched alkanes of at least 4 members (excludes halogenated alkanes) is 8. The van der Waals surface area contributed by atoms with Gasteiger partial charge in [0, 0.05) is 18.6 Å². The maximum Gasteiger partial charge on any atom is 0.0439 e. The van der Waals surface area contributed by atoms with Crippen molar-refractivity contribution in [3.05, 3.63) is 42.2 Å². The number of hydrogen-bond acceptors (Lipinski definition) is 3. The van der Waals surface area contributed by atoms with Crippen LogP contribution in [0.15, 0.2) is 41.8 Å². The van der Waals surface area contributed by atoms with E-state index in [1.165, 1.54) is 63.4 Å². The normalized spacial score (nSPS) is 11.6. The summed E-state index contributed by atoms with van der Waals surface area (Å²) in [7, 11) is 0. The van der Waals surface area contributed by atoms with Gasteiger partial charge in [-0.3, -0.25) is 4.98 Å². The maximum absolute atomic E-state index is 8.24. The molecule has 0 aliphatic rings. The zero-order valence-electron chi connectivity index (χ0n) is 13.7. The number of hydrogen-bond donors (Lipinski definition) is 1. The highest BCUT2D eigenvalue weighted by atomic mass is 16.4. The molecule has 3 nitrogen and oxygen atoms in total. The Morgan fingerprint density at radius 3 is 2.36 bits per heavy atom. The molecule has 1 rings (SSSR count). The SMILES string of the molecule is O/N=C/CC/C=C\CCCCCCCCCc1cccnc1. The first-order valence-electron chi connectivity index (χ1n) is 8.63. The molecule has 0 aromatic carbocycles. The van der Waals surface area contributed by atoms with Crippen molar-refractivity contribution in [3.8, 4) is 0 Å². The largest absolute Gasteiger partial charge is 0.411 e. The van der Waals surface area contributed by atoms with Crippen LogP contribution in [0.3, 0.4) is 0 Å². The zero-order chi connectivity index (χ0) is 15.7. The van der Waals surface area contributed by atoms with Crippen molar-refractivity contribution in [1.82, 2.24) is 4.98 Å². The Bertz CT molecular complexity index is 401. The quantitative estimate of drug-likeness (QED) is 0.171. The average molecular weight is 302 g/mol. The van der Waals surface area contributed by atoms with Crippen LogP contribution in [0.4, 0.5) is 0 Å². The summed E-state index contributed by atoms with van der Waals surface area (Å²) in [5, 5.41) is 11.2. The first kappa shape index (κ1) is 18.4. The molecule has 0 amide bonds. The number of aryl methyl sites for hydroxylation is 1. The van der Waals surface area contributed by atoms with Gasteiger partial charge in [0.2, 0.25) is 0 Å². The lowest BCUT2D eigenvalue weighted by molar-refractivity contribution is 0.320. The van der Waals surface area contributed by atoms with Crippen LogP contribution in [0.5, 0.6) is 0 Å². The van der Waals surface area contributed by atoms with Gasteiger partial charge in [-0.15, -0.1) is 5.16 Å². The Labute approximate surface area is 135 Å². The molecular weight excluding hydrogens is 272 g/mol. The van der Waals surface area contributed by atoms with E-state index in [1.807, 2.05) is 18.5 Å². The summed E-state index contributed by atoms with van der Waals surface area (Å²) in [6.45, 7) is 0. The minimum atomic E-state index is 0.825. The van der Waals surface area contributed by atoms with Crippen molar-refractivity contribution < 1.29 is 5.21 Å².